The molecular weight excluding hydrogens is 210 g/mol. The highest BCUT2D eigenvalue weighted by atomic mass is 35.5. The highest BCUT2D eigenvalue weighted by Gasteiger charge is 2.31. The van der Waals surface area contributed by atoms with Crippen LogP contribution in [0.5, 0.6) is 0 Å². The smallest absolute Gasteiger partial charge is 0.0602 e. The molecule has 1 atom stereocenters. The zero-order chi connectivity index (χ0) is 11.3. The van der Waals surface area contributed by atoms with Crippen molar-refractivity contribution >= 4 is 11.6 Å². The molecule has 0 aromatic carbocycles. The van der Waals surface area contributed by atoms with E-state index in [9.17, 15) is 0 Å². The minimum Gasteiger partial charge on any atom is -0.379 e. The minimum atomic E-state index is 0.450. The summed E-state index contributed by atoms with van der Waals surface area (Å²) in [5.74, 6) is 1.44. The summed E-state index contributed by atoms with van der Waals surface area (Å²) in [7, 11) is 0. The van der Waals surface area contributed by atoms with Gasteiger partial charge in [0.15, 0.2) is 0 Å². The van der Waals surface area contributed by atoms with Gasteiger partial charge < -0.3 is 9.64 Å². The van der Waals surface area contributed by atoms with Gasteiger partial charge in [0.2, 0.25) is 0 Å². The lowest BCUT2D eigenvalue weighted by atomic mass is 9.80. The van der Waals surface area contributed by atoms with Crippen LogP contribution in [0.4, 0.5) is 0 Å². The van der Waals surface area contributed by atoms with Gasteiger partial charge in [-0.1, -0.05) is 20.8 Å². The number of ether oxygens (including phenoxy) is 1. The number of alkyl halides is 1. The van der Waals surface area contributed by atoms with Crippen molar-refractivity contribution < 1.29 is 4.74 Å². The quantitative estimate of drug-likeness (QED) is 0.535. The molecule has 1 saturated heterocycles. The molecule has 2 nitrogen and oxygen atoms in total. The number of likely N-dealkylation sites (tertiary alicyclic amines) is 1. The maximum atomic E-state index is 5.54. The van der Waals surface area contributed by atoms with E-state index in [2.05, 4.69) is 25.7 Å². The van der Waals surface area contributed by atoms with E-state index in [0.717, 1.165) is 19.1 Å². The summed E-state index contributed by atoms with van der Waals surface area (Å²) in [6.45, 7) is 12.0. The maximum Gasteiger partial charge on any atom is 0.0602 e. The SMILES string of the molecule is CC(C)(C)C1CCN(CCOCCCl)C1. The van der Waals surface area contributed by atoms with E-state index >= 15 is 0 Å². The van der Waals surface area contributed by atoms with E-state index in [1.165, 1.54) is 19.5 Å². The zero-order valence-electron chi connectivity index (χ0n) is 10.3. The molecule has 3 heteroatoms. The largest absolute Gasteiger partial charge is 0.379 e. The first-order valence-corrected chi connectivity index (χ1v) is 6.43. The lowest BCUT2D eigenvalue weighted by Crippen LogP contribution is -2.28. The van der Waals surface area contributed by atoms with Gasteiger partial charge in [-0.2, -0.15) is 0 Å². The average Bonchev–Trinajstić information content (AvgIpc) is 2.60. The van der Waals surface area contributed by atoms with E-state index in [-0.39, 0.29) is 0 Å². The zero-order valence-corrected chi connectivity index (χ0v) is 11.0. The topological polar surface area (TPSA) is 12.5 Å². The van der Waals surface area contributed by atoms with Crippen LogP contribution in [0.1, 0.15) is 27.2 Å². The van der Waals surface area contributed by atoms with Crippen LogP contribution >= 0.6 is 11.6 Å². The third kappa shape index (κ3) is 4.71. The van der Waals surface area contributed by atoms with E-state index in [1.54, 1.807) is 0 Å². The Balaban J connectivity index is 2.14. The molecule has 1 rings (SSSR count). The summed E-state index contributed by atoms with van der Waals surface area (Å²) in [5.41, 5.74) is 0.450. The Hall–Kier alpha value is 0.210. The predicted molar refractivity (Wildman–Crippen MR) is 65.5 cm³/mol. The highest BCUT2D eigenvalue weighted by Crippen LogP contribution is 2.33. The Morgan fingerprint density at radius 3 is 2.60 bits per heavy atom. The molecule has 15 heavy (non-hydrogen) atoms. The monoisotopic (exact) mass is 233 g/mol. The molecule has 1 fully saturated rings. The Bertz CT molecular complexity index is 179. The number of nitrogens with zero attached hydrogens (tertiary/aromatic N) is 1. The van der Waals surface area contributed by atoms with Gasteiger partial charge in [-0.15, -0.1) is 11.6 Å². The molecule has 1 heterocycles. The third-order valence-electron chi connectivity index (χ3n) is 3.27. The molecular formula is C12H24ClNO. The second-order valence-corrected chi connectivity index (χ2v) is 5.83. The van der Waals surface area contributed by atoms with E-state index in [1.807, 2.05) is 0 Å². The molecule has 0 aromatic heterocycles. The third-order valence-corrected chi connectivity index (χ3v) is 3.42. The first kappa shape index (κ1) is 13.3. The fraction of sp³-hybridized carbons (Fsp3) is 1.00. The van der Waals surface area contributed by atoms with Gasteiger partial charge in [-0.25, -0.2) is 0 Å². The van der Waals surface area contributed by atoms with Crippen molar-refractivity contribution in [2.75, 3.05) is 38.7 Å². The molecule has 1 aliphatic rings. The molecule has 0 spiro atoms. The lowest BCUT2D eigenvalue weighted by Gasteiger charge is -2.27. The van der Waals surface area contributed by atoms with Crippen molar-refractivity contribution in [1.82, 2.24) is 4.90 Å². The van der Waals surface area contributed by atoms with Crippen molar-refractivity contribution in [1.29, 1.82) is 0 Å². The Morgan fingerprint density at radius 1 is 1.33 bits per heavy atom. The van der Waals surface area contributed by atoms with Crippen LogP contribution in [0.15, 0.2) is 0 Å². The number of rotatable bonds is 5. The van der Waals surface area contributed by atoms with Gasteiger partial charge in [0.25, 0.3) is 0 Å². The molecule has 0 N–H and O–H groups in total. The number of hydrogen-bond donors (Lipinski definition) is 0. The molecule has 0 bridgehead atoms. The van der Waals surface area contributed by atoms with Crippen LogP contribution in [0.2, 0.25) is 0 Å². The number of hydrogen-bond acceptors (Lipinski definition) is 2. The Kier molecular flexibility index (Phi) is 5.37. The van der Waals surface area contributed by atoms with Crippen LogP contribution in [0.25, 0.3) is 0 Å². The summed E-state index contributed by atoms with van der Waals surface area (Å²) in [6, 6.07) is 0. The number of halogens is 1. The summed E-state index contributed by atoms with van der Waals surface area (Å²) in [6.07, 6.45) is 1.33. The molecule has 1 aliphatic heterocycles. The molecule has 0 amide bonds. The van der Waals surface area contributed by atoms with Crippen molar-refractivity contribution in [2.45, 2.75) is 27.2 Å². The molecule has 0 aromatic rings. The average molecular weight is 234 g/mol. The van der Waals surface area contributed by atoms with Gasteiger partial charge >= 0.3 is 0 Å². The summed E-state index contributed by atoms with van der Waals surface area (Å²) >= 11 is 5.54. The van der Waals surface area contributed by atoms with Crippen molar-refractivity contribution in [3.8, 4) is 0 Å². The summed E-state index contributed by atoms with van der Waals surface area (Å²) < 4.78 is 5.39. The molecule has 90 valence electrons. The van der Waals surface area contributed by atoms with E-state index < -0.39 is 0 Å². The maximum absolute atomic E-state index is 5.54. The molecule has 0 aliphatic carbocycles. The molecule has 0 radical (unpaired) electrons. The van der Waals surface area contributed by atoms with Gasteiger partial charge in [0.1, 0.15) is 0 Å². The molecule has 0 saturated carbocycles. The van der Waals surface area contributed by atoms with Gasteiger partial charge in [-0.3, -0.25) is 0 Å². The van der Waals surface area contributed by atoms with Crippen molar-refractivity contribution in [3.63, 3.8) is 0 Å². The van der Waals surface area contributed by atoms with Crippen LogP contribution in [0, 0.1) is 11.3 Å². The fourth-order valence-electron chi connectivity index (χ4n) is 2.09. The van der Waals surface area contributed by atoms with Crippen LogP contribution in [-0.4, -0.2) is 43.6 Å². The van der Waals surface area contributed by atoms with Crippen LogP contribution in [0.3, 0.4) is 0 Å². The fourth-order valence-corrected chi connectivity index (χ4v) is 2.20. The Morgan fingerprint density at radius 2 is 2.07 bits per heavy atom. The van der Waals surface area contributed by atoms with Gasteiger partial charge in [0, 0.05) is 19.0 Å². The van der Waals surface area contributed by atoms with E-state index in [4.69, 9.17) is 16.3 Å². The molecule has 1 unspecified atom stereocenters. The van der Waals surface area contributed by atoms with Crippen molar-refractivity contribution in [2.24, 2.45) is 11.3 Å². The first-order chi connectivity index (χ1) is 7.04. The normalized spacial score (nSPS) is 23.6. The lowest BCUT2D eigenvalue weighted by molar-refractivity contribution is 0.118. The second kappa shape index (κ2) is 6.07. The van der Waals surface area contributed by atoms with Crippen LogP contribution < -0.4 is 0 Å². The second-order valence-electron chi connectivity index (χ2n) is 5.45. The van der Waals surface area contributed by atoms with Gasteiger partial charge in [0.05, 0.1) is 13.2 Å². The summed E-state index contributed by atoms with van der Waals surface area (Å²) in [5, 5.41) is 0. The summed E-state index contributed by atoms with van der Waals surface area (Å²) in [4.78, 5) is 2.50. The minimum absolute atomic E-state index is 0.450. The Labute approximate surface area is 98.9 Å². The van der Waals surface area contributed by atoms with Gasteiger partial charge in [-0.05, 0) is 24.3 Å². The van der Waals surface area contributed by atoms with E-state index in [0.29, 0.717) is 17.9 Å². The predicted octanol–water partition coefficient (Wildman–Crippen LogP) is 2.61. The van der Waals surface area contributed by atoms with Crippen molar-refractivity contribution in [3.05, 3.63) is 0 Å². The first-order valence-electron chi connectivity index (χ1n) is 5.90. The highest BCUT2D eigenvalue weighted by molar-refractivity contribution is 6.17. The van der Waals surface area contributed by atoms with Crippen LogP contribution in [-0.2, 0) is 4.74 Å². The standard InChI is InChI=1S/C12H24ClNO/c1-12(2,3)11-4-6-14(10-11)7-9-15-8-5-13/h11H,4-10H2,1-3H3.